The molecule has 4 nitrogen and oxygen atoms in total. The third-order valence-corrected chi connectivity index (χ3v) is 3.70. The minimum absolute atomic E-state index is 0.0434. The quantitative estimate of drug-likeness (QED) is 0.750. The summed E-state index contributed by atoms with van der Waals surface area (Å²) in [5.41, 5.74) is 5.87. The van der Waals surface area contributed by atoms with Crippen LogP contribution in [0.1, 0.15) is 12.8 Å². The third kappa shape index (κ3) is 1.58. The molecule has 0 aliphatic carbocycles. The summed E-state index contributed by atoms with van der Waals surface area (Å²) in [6.07, 6.45) is 5.86. The Morgan fingerprint density at radius 3 is 2.77 bits per heavy atom. The van der Waals surface area contributed by atoms with E-state index in [1.807, 2.05) is 22.6 Å². The van der Waals surface area contributed by atoms with Crippen molar-refractivity contribution in [3.05, 3.63) is 12.4 Å². The van der Waals surface area contributed by atoms with Crippen LogP contribution in [0.2, 0.25) is 0 Å². The molecule has 5 heteroatoms. The van der Waals surface area contributed by atoms with E-state index in [0.717, 1.165) is 12.8 Å². The van der Waals surface area contributed by atoms with Gasteiger partial charge in [0.15, 0.2) is 0 Å². The summed E-state index contributed by atoms with van der Waals surface area (Å²) >= 11 is 1.99. The normalized spacial score (nSPS) is 21.6. The van der Waals surface area contributed by atoms with Crippen molar-refractivity contribution in [1.82, 2.24) is 15.0 Å². The summed E-state index contributed by atoms with van der Waals surface area (Å²) in [4.78, 5) is 0. The van der Waals surface area contributed by atoms with E-state index in [1.54, 1.807) is 6.20 Å². The van der Waals surface area contributed by atoms with Crippen LogP contribution in [0.4, 0.5) is 0 Å². The molecule has 0 spiro atoms. The Kier molecular flexibility index (Phi) is 2.55. The van der Waals surface area contributed by atoms with Crippen molar-refractivity contribution in [2.24, 2.45) is 5.73 Å². The number of hydrogen-bond donors (Lipinski definition) is 1. The van der Waals surface area contributed by atoms with Gasteiger partial charge in [-0.2, -0.15) is 11.8 Å². The highest BCUT2D eigenvalue weighted by molar-refractivity contribution is 7.99. The maximum absolute atomic E-state index is 5.83. The number of hydrogen-bond acceptors (Lipinski definition) is 4. The summed E-state index contributed by atoms with van der Waals surface area (Å²) in [6.45, 7) is 0.664. The molecule has 13 heavy (non-hydrogen) atoms. The molecule has 1 aliphatic heterocycles. The number of nitrogens with two attached hydrogens (primary N) is 1. The molecular weight excluding hydrogens is 184 g/mol. The maximum Gasteiger partial charge on any atom is 0.0782 e. The van der Waals surface area contributed by atoms with E-state index < -0.39 is 0 Å². The van der Waals surface area contributed by atoms with Gasteiger partial charge in [0.25, 0.3) is 0 Å². The fourth-order valence-corrected chi connectivity index (χ4v) is 2.99. The molecule has 72 valence electrons. The first-order chi connectivity index (χ1) is 6.37. The van der Waals surface area contributed by atoms with Crippen LogP contribution in [0, 0.1) is 0 Å². The Hall–Kier alpha value is -0.550. The molecule has 1 saturated heterocycles. The largest absolute Gasteiger partial charge is 0.328 e. The van der Waals surface area contributed by atoms with Crippen LogP contribution in [-0.2, 0) is 5.54 Å². The molecule has 0 amide bonds. The molecule has 0 saturated carbocycles. The van der Waals surface area contributed by atoms with Crippen molar-refractivity contribution in [1.29, 1.82) is 0 Å². The summed E-state index contributed by atoms with van der Waals surface area (Å²) in [6, 6.07) is 0. The SMILES string of the molecule is NCC1(n2ccnn2)CCSCC1. The van der Waals surface area contributed by atoms with Crippen molar-refractivity contribution in [2.45, 2.75) is 18.4 Å². The van der Waals surface area contributed by atoms with Crippen LogP contribution in [0.25, 0.3) is 0 Å². The highest BCUT2D eigenvalue weighted by Crippen LogP contribution is 2.31. The standard InChI is InChI=1S/C8H14N4S/c9-7-8(1-5-13-6-2-8)12-4-3-10-11-12/h3-4H,1-2,5-7,9H2. The van der Waals surface area contributed by atoms with Gasteiger partial charge in [0, 0.05) is 12.7 Å². The first-order valence-electron chi connectivity index (χ1n) is 4.52. The smallest absolute Gasteiger partial charge is 0.0782 e. The zero-order valence-electron chi connectivity index (χ0n) is 7.52. The van der Waals surface area contributed by atoms with Gasteiger partial charge in [0.2, 0.25) is 0 Å². The average molecular weight is 198 g/mol. The lowest BCUT2D eigenvalue weighted by molar-refractivity contribution is 0.238. The van der Waals surface area contributed by atoms with Crippen LogP contribution < -0.4 is 5.73 Å². The number of thioether (sulfide) groups is 1. The van der Waals surface area contributed by atoms with Crippen LogP contribution in [0.3, 0.4) is 0 Å². The van der Waals surface area contributed by atoms with Crippen molar-refractivity contribution in [3.8, 4) is 0 Å². The lowest BCUT2D eigenvalue weighted by Gasteiger charge is -2.35. The van der Waals surface area contributed by atoms with Crippen LogP contribution >= 0.6 is 11.8 Å². The zero-order chi connectivity index (χ0) is 9.15. The van der Waals surface area contributed by atoms with E-state index in [-0.39, 0.29) is 5.54 Å². The Balaban J connectivity index is 2.23. The Bertz CT molecular complexity index is 253. The van der Waals surface area contributed by atoms with Gasteiger partial charge >= 0.3 is 0 Å². The first-order valence-corrected chi connectivity index (χ1v) is 5.67. The van der Waals surface area contributed by atoms with Gasteiger partial charge < -0.3 is 5.73 Å². The van der Waals surface area contributed by atoms with E-state index in [2.05, 4.69) is 10.3 Å². The summed E-state index contributed by atoms with van der Waals surface area (Å²) in [5, 5.41) is 7.90. The third-order valence-electron chi connectivity index (χ3n) is 2.71. The van der Waals surface area contributed by atoms with E-state index in [9.17, 15) is 0 Å². The fraction of sp³-hybridized carbons (Fsp3) is 0.750. The maximum atomic E-state index is 5.83. The molecule has 0 aromatic carbocycles. The number of nitrogens with zero attached hydrogens (tertiary/aromatic N) is 3. The molecular formula is C8H14N4S. The predicted octanol–water partition coefficient (Wildman–Crippen LogP) is 0.459. The van der Waals surface area contributed by atoms with Crippen LogP contribution in [-0.4, -0.2) is 33.0 Å². The Morgan fingerprint density at radius 2 is 2.23 bits per heavy atom. The topological polar surface area (TPSA) is 56.7 Å². The molecule has 2 heterocycles. The number of aromatic nitrogens is 3. The van der Waals surface area contributed by atoms with E-state index in [4.69, 9.17) is 5.73 Å². The van der Waals surface area contributed by atoms with Gasteiger partial charge in [0.05, 0.1) is 11.7 Å². The van der Waals surface area contributed by atoms with Crippen LogP contribution in [0.5, 0.6) is 0 Å². The molecule has 1 aliphatic rings. The monoisotopic (exact) mass is 198 g/mol. The van der Waals surface area contributed by atoms with Gasteiger partial charge in [-0.3, -0.25) is 0 Å². The second-order valence-electron chi connectivity index (χ2n) is 3.39. The van der Waals surface area contributed by atoms with E-state index in [0.29, 0.717) is 6.54 Å². The first kappa shape index (κ1) is 9.02. The summed E-state index contributed by atoms with van der Waals surface area (Å²) < 4.78 is 1.94. The van der Waals surface area contributed by atoms with Crippen molar-refractivity contribution in [3.63, 3.8) is 0 Å². The Labute approximate surface area is 81.9 Å². The highest BCUT2D eigenvalue weighted by atomic mass is 32.2. The van der Waals surface area contributed by atoms with E-state index >= 15 is 0 Å². The molecule has 1 fully saturated rings. The molecule has 2 N–H and O–H groups in total. The van der Waals surface area contributed by atoms with Gasteiger partial charge in [-0.1, -0.05) is 5.21 Å². The average Bonchev–Trinajstić information content (AvgIpc) is 2.72. The molecule has 0 radical (unpaired) electrons. The second-order valence-corrected chi connectivity index (χ2v) is 4.61. The lowest BCUT2D eigenvalue weighted by atomic mass is 9.93. The summed E-state index contributed by atoms with van der Waals surface area (Å²) in [5.74, 6) is 2.36. The van der Waals surface area contributed by atoms with Crippen molar-refractivity contribution in [2.75, 3.05) is 18.1 Å². The highest BCUT2D eigenvalue weighted by Gasteiger charge is 2.33. The van der Waals surface area contributed by atoms with Crippen molar-refractivity contribution < 1.29 is 0 Å². The Morgan fingerprint density at radius 1 is 1.46 bits per heavy atom. The van der Waals surface area contributed by atoms with Gasteiger partial charge in [-0.25, -0.2) is 4.68 Å². The second kappa shape index (κ2) is 3.67. The molecule has 0 bridgehead atoms. The lowest BCUT2D eigenvalue weighted by Crippen LogP contribution is -2.44. The van der Waals surface area contributed by atoms with E-state index in [1.165, 1.54) is 11.5 Å². The number of rotatable bonds is 2. The van der Waals surface area contributed by atoms with Crippen LogP contribution in [0.15, 0.2) is 12.4 Å². The molecule has 2 rings (SSSR count). The molecule has 1 aromatic heterocycles. The van der Waals surface area contributed by atoms with Gasteiger partial charge in [-0.15, -0.1) is 5.10 Å². The van der Waals surface area contributed by atoms with Gasteiger partial charge in [0.1, 0.15) is 0 Å². The predicted molar refractivity (Wildman–Crippen MR) is 53.6 cm³/mol. The van der Waals surface area contributed by atoms with Gasteiger partial charge in [-0.05, 0) is 24.3 Å². The van der Waals surface area contributed by atoms with Crippen molar-refractivity contribution >= 4 is 11.8 Å². The molecule has 0 atom stereocenters. The summed E-state index contributed by atoms with van der Waals surface area (Å²) in [7, 11) is 0. The minimum Gasteiger partial charge on any atom is -0.328 e. The zero-order valence-corrected chi connectivity index (χ0v) is 8.33. The molecule has 0 unspecified atom stereocenters. The molecule has 1 aromatic rings. The minimum atomic E-state index is 0.0434. The fourth-order valence-electron chi connectivity index (χ4n) is 1.74.